The lowest BCUT2D eigenvalue weighted by Crippen LogP contribution is -2.49. The van der Waals surface area contributed by atoms with Crippen LogP contribution in [0.15, 0.2) is 0 Å². The van der Waals surface area contributed by atoms with Crippen molar-refractivity contribution in [3.05, 3.63) is 0 Å². The first-order valence-corrected chi connectivity index (χ1v) is 7.04. The fourth-order valence-corrected chi connectivity index (χ4v) is 2.20. The van der Waals surface area contributed by atoms with E-state index in [1.807, 2.05) is 14.0 Å². The maximum absolute atomic E-state index is 9.48. The fraction of sp³-hybridized carbons (Fsp3) is 1.00. The van der Waals surface area contributed by atoms with E-state index in [0.29, 0.717) is 6.04 Å². The monoisotopic (exact) mass is 276 g/mol. The van der Waals surface area contributed by atoms with Crippen LogP contribution in [0.1, 0.15) is 26.7 Å². The topological polar surface area (TPSA) is 54.0 Å². The Morgan fingerprint density at radius 1 is 1.21 bits per heavy atom. The normalized spacial score (nSPS) is 16.6. The summed E-state index contributed by atoms with van der Waals surface area (Å²) in [7, 11) is 5.35. The van der Waals surface area contributed by atoms with Gasteiger partial charge in [-0.15, -0.1) is 0 Å². The van der Waals surface area contributed by atoms with E-state index in [0.717, 1.165) is 39.1 Å². The number of rotatable bonds is 12. The Bertz CT molecular complexity index is 211. The van der Waals surface area contributed by atoms with Crippen molar-refractivity contribution in [2.24, 2.45) is 0 Å². The van der Waals surface area contributed by atoms with E-state index >= 15 is 0 Å². The molecule has 0 aliphatic heterocycles. The van der Waals surface area contributed by atoms with Gasteiger partial charge in [0.15, 0.2) is 0 Å². The maximum Gasteiger partial charge on any atom is 0.0611 e. The average Bonchev–Trinajstić information content (AvgIpc) is 2.42. The second-order valence-electron chi connectivity index (χ2n) is 5.40. The highest BCUT2D eigenvalue weighted by Crippen LogP contribution is 2.16. The van der Waals surface area contributed by atoms with Crippen LogP contribution in [0, 0.1) is 0 Å². The number of nitrogens with one attached hydrogen (secondary N) is 1. The van der Waals surface area contributed by atoms with E-state index in [9.17, 15) is 5.11 Å². The molecule has 0 bridgehead atoms. The molecule has 0 aromatic carbocycles. The van der Waals surface area contributed by atoms with Gasteiger partial charge >= 0.3 is 0 Å². The number of ether oxygens (including phenoxy) is 2. The van der Waals surface area contributed by atoms with Crippen LogP contribution in [-0.4, -0.2) is 75.8 Å². The number of likely N-dealkylation sites (N-methyl/N-ethyl adjacent to an activating group) is 1. The lowest BCUT2D eigenvalue weighted by molar-refractivity contribution is 0.0839. The molecule has 2 unspecified atom stereocenters. The molecule has 5 heteroatoms. The van der Waals surface area contributed by atoms with Crippen molar-refractivity contribution >= 4 is 0 Å². The zero-order valence-corrected chi connectivity index (χ0v) is 13.2. The third kappa shape index (κ3) is 7.84. The molecule has 0 saturated carbocycles. The number of hydrogen-bond acceptors (Lipinski definition) is 5. The molecular weight excluding hydrogens is 244 g/mol. The molecule has 0 spiro atoms. The highest BCUT2D eigenvalue weighted by Gasteiger charge is 2.26. The standard InChI is InChI=1S/C14H32N2O3/c1-13(11-14(2,12-17)15-3)16(8-10-19-5)7-6-9-18-4/h13,15,17H,6-12H2,1-5H3. The van der Waals surface area contributed by atoms with E-state index in [1.54, 1.807) is 14.2 Å². The number of hydrogen-bond donors (Lipinski definition) is 2. The fourth-order valence-electron chi connectivity index (χ4n) is 2.20. The highest BCUT2D eigenvalue weighted by atomic mass is 16.5. The minimum absolute atomic E-state index is 0.143. The minimum Gasteiger partial charge on any atom is -0.394 e. The van der Waals surface area contributed by atoms with Gasteiger partial charge in [0.1, 0.15) is 0 Å². The Morgan fingerprint density at radius 3 is 2.32 bits per heavy atom. The van der Waals surface area contributed by atoms with E-state index in [1.165, 1.54) is 0 Å². The van der Waals surface area contributed by atoms with E-state index in [-0.39, 0.29) is 12.1 Å². The summed E-state index contributed by atoms with van der Waals surface area (Å²) in [6.07, 6.45) is 1.91. The molecule has 0 radical (unpaired) electrons. The third-order valence-electron chi connectivity index (χ3n) is 3.70. The van der Waals surface area contributed by atoms with E-state index < -0.39 is 0 Å². The first-order chi connectivity index (χ1) is 9.02. The minimum atomic E-state index is -0.230. The van der Waals surface area contributed by atoms with Crippen LogP contribution in [0.25, 0.3) is 0 Å². The van der Waals surface area contributed by atoms with Crippen LogP contribution >= 0.6 is 0 Å². The first-order valence-electron chi connectivity index (χ1n) is 7.04. The molecule has 0 rings (SSSR count). The van der Waals surface area contributed by atoms with Gasteiger partial charge in [0.25, 0.3) is 0 Å². The van der Waals surface area contributed by atoms with Crippen molar-refractivity contribution in [2.75, 3.05) is 54.2 Å². The van der Waals surface area contributed by atoms with Gasteiger partial charge in [-0.25, -0.2) is 0 Å². The molecule has 116 valence electrons. The van der Waals surface area contributed by atoms with Crippen molar-refractivity contribution in [1.82, 2.24) is 10.2 Å². The van der Waals surface area contributed by atoms with E-state index in [4.69, 9.17) is 9.47 Å². The smallest absolute Gasteiger partial charge is 0.0611 e. The Hall–Kier alpha value is -0.200. The Balaban J connectivity index is 4.37. The summed E-state index contributed by atoms with van der Waals surface area (Å²) in [5.41, 5.74) is -0.230. The number of aliphatic hydroxyl groups is 1. The first kappa shape index (κ1) is 18.8. The summed E-state index contributed by atoms with van der Waals surface area (Å²) in [4.78, 5) is 2.40. The number of methoxy groups -OCH3 is 2. The summed E-state index contributed by atoms with van der Waals surface area (Å²) in [5, 5.41) is 12.7. The molecule has 2 N–H and O–H groups in total. The second kappa shape index (κ2) is 10.6. The Kier molecular flexibility index (Phi) is 10.5. The molecule has 0 fully saturated rings. The van der Waals surface area contributed by atoms with Crippen molar-refractivity contribution in [3.8, 4) is 0 Å². The molecule has 0 heterocycles. The van der Waals surface area contributed by atoms with Crippen LogP contribution in [0.2, 0.25) is 0 Å². The predicted octanol–water partition coefficient (Wildman–Crippen LogP) is 0.720. The largest absolute Gasteiger partial charge is 0.394 e. The number of aliphatic hydroxyl groups excluding tert-OH is 1. The van der Waals surface area contributed by atoms with Crippen LogP contribution in [-0.2, 0) is 9.47 Å². The van der Waals surface area contributed by atoms with Crippen molar-refractivity contribution < 1.29 is 14.6 Å². The molecule has 0 aliphatic carbocycles. The van der Waals surface area contributed by atoms with Gasteiger partial charge in [-0.1, -0.05) is 0 Å². The molecule has 0 saturated heterocycles. The summed E-state index contributed by atoms with van der Waals surface area (Å²) in [6.45, 7) is 7.80. The molecule has 5 nitrogen and oxygen atoms in total. The van der Waals surface area contributed by atoms with Gasteiger partial charge < -0.3 is 19.9 Å². The Morgan fingerprint density at radius 2 is 1.84 bits per heavy atom. The number of nitrogens with zero attached hydrogens (tertiary/aromatic N) is 1. The van der Waals surface area contributed by atoms with Gasteiger partial charge in [-0.2, -0.15) is 0 Å². The predicted molar refractivity (Wildman–Crippen MR) is 78.6 cm³/mol. The molecule has 0 aliphatic rings. The summed E-state index contributed by atoms with van der Waals surface area (Å²) >= 11 is 0. The Labute approximate surface area is 118 Å². The quantitative estimate of drug-likeness (QED) is 0.515. The molecular formula is C14H32N2O3. The lowest BCUT2D eigenvalue weighted by Gasteiger charge is -2.36. The third-order valence-corrected chi connectivity index (χ3v) is 3.70. The van der Waals surface area contributed by atoms with Gasteiger partial charge in [0, 0.05) is 45.5 Å². The van der Waals surface area contributed by atoms with Crippen molar-refractivity contribution in [2.45, 2.75) is 38.3 Å². The average molecular weight is 276 g/mol. The van der Waals surface area contributed by atoms with Crippen LogP contribution < -0.4 is 5.32 Å². The summed E-state index contributed by atoms with van der Waals surface area (Å²) in [5.74, 6) is 0. The van der Waals surface area contributed by atoms with Crippen LogP contribution in [0.4, 0.5) is 0 Å². The van der Waals surface area contributed by atoms with Gasteiger partial charge in [-0.05, 0) is 33.7 Å². The zero-order chi connectivity index (χ0) is 14.7. The second-order valence-corrected chi connectivity index (χ2v) is 5.40. The molecule has 0 aromatic heterocycles. The summed E-state index contributed by atoms with van der Waals surface area (Å²) in [6, 6.07) is 0.386. The van der Waals surface area contributed by atoms with Gasteiger partial charge in [-0.3, -0.25) is 4.90 Å². The zero-order valence-electron chi connectivity index (χ0n) is 13.2. The summed E-state index contributed by atoms with van der Waals surface area (Å²) < 4.78 is 10.3. The van der Waals surface area contributed by atoms with Crippen LogP contribution in [0.5, 0.6) is 0 Å². The van der Waals surface area contributed by atoms with Gasteiger partial charge in [0.2, 0.25) is 0 Å². The lowest BCUT2D eigenvalue weighted by atomic mass is 9.94. The molecule has 2 atom stereocenters. The van der Waals surface area contributed by atoms with Crippen molar-refractivity contribution in [3.63, 3.8) is 0 Å². The van der Waals surface area contributed by atoms with Gasteiger partial charge in [0.05, 0.1) is 13.2 Å². The van der Waals surface area contributed by atoms with Crippen LogP contribution in [0.3, 0.4) is 0 Å². The molecule has 19 heavy (non-hydrogen) atoms. The molecule has 0 aromatic rings. The SMILES string of the molecule is CNC(C)(CO)CC(C)N(CCCOC)CCOC. The molecule has 0 amide bonds. The van der Waals surface area contributed by atoms with E-state index in [2.05, 4.69) is 17.1 Å². The highest BCUT2D eigenvalue weighted by molar-refractivity contribution is 4.86. The van der Waals surface area contributed by atoms with Crippen molar-refractivity contribution in [1.29, 1.82) is 0 Å². The maximum atomic E-state index is 9.48.